The van der Waals surface area contributed by atoms with Crippen LogP contribution in [0, 0.1) is 19.8 Å². The summed E-state index contributed by atoms with van der Waals surface area (Å²) in [5.74, 6) is 0.724. The molecule has 0 unspecified atom stereocenters. The van der Waals surface area contributed by atoms with Crippen LogP contribution in [0.3, 0.4) is 0 Å². The van der Waals surface area contributed by atoms with E-state index in [4.69, 9.17) is 4.74 Å². The van der Waals surface area contributed by atoms with Gasteiger partial charge in [-0.05, 0) is 62.4 Å². The van der Waals surface area contributed by atoms with Crippen LogP contribution in [0.1, 0.15) is 49.3 Å². The lowest BCUT2D eigenvalue weighted by Crippen LogP contribution is -2.42. The van der Waals surface area contributed by atoms with E-state index >= 15 is 0 Å². The highest BCUT2D eigenvalue weighted by Gasteiger charge is 2.30. The molecule has 0 aromatic heterocycles. The third kappa shape index (κ3) is 6.56. The zero-order valence-corrected chi connectivity index (χ0v) is 20.1. The van der Waals surface area contributed by atoms with Gasteiger partial charge in [-0.1, -0.05) is 43.2 Å². The molecular formula is C25H34N2O4S. The Balaban J connectivity index is 1.52. The van der Waals surface area contributed by atoms with Crippen LogP contribution < -0.4 is 10.1 Å². The molecular weight excluding hydrogens is 424 g/mol. The Morgan fingerprint density at radius 3 is 2.53 bits per heavy atom. The average molecular weight is 459 g/mol. The number of piperidine rings is 1. The zero-order valence-electron chi connectivity index (χ0n) is 19.3. The fourth-order valence-corrected chi connectivity index (χ4v) is 5.60. The van der Waals surface area contributed by atoms with E-state index in [1.165, 1.54) is 9.87 Å². The lowest BCUT2D eigenvalue weighted by Gasteiger charge is -2.30. The Morgan fingerprint density at radius 2 is 1.88 bits per heavy atom. The van der Waals surface area contributed by atoms with Crippen molar-refractivity contribution in [2.75, 3.05) is 24.2 Å². The van der Waals surface area contributed by atoms with E-state index in [9.17, 15) is 13.2 Å². The summed E-state index contributed by atoms with van der Waals surface area (Å²) in [5, 5.41) is 3.01. The van der Waals surface area contributed by atoms with E-state index in [-0.39, 0.29) is 17.6 Å². The number of rotatable bonds is 9. The van der Waals surface area contributed by atoms with E-state index in [1.807, 2.05) is 44.2 Å². The van der Waals surface area contributed by atoms with Crippen LogP contribution in [0.15, 0.2) is 42.5 Å². The maximum atomic E-state index is 12.8. The monoisotopic (exact) mass is 458 g/mol. The highest BCUT2D eigenvalue weighted by Crippen LogP contribution is 2.26. The Bertz CT molecular complexity index is 1030. The molecule has 0 atom stereocenters. The molecule has 0 aliphatic carbocycles. The predicted molar refractivity (Wildman–Crippen MR) is 128 cm³/mol. The molecule has 1 amide bonds. The van der Waals surface area contributed by atoms with Crippen molar-refractivity contribution in [1.82, 2.24) is 4.31 Å². The van der Waals surface area contributed by atoms with Gasteiger partial charge in [-0.3, -0.25) is 4.79 Å². The van der Waals surface area contributed by atoms with E-state index in [1.54, 1.807) is 0 Å². The molecule has 1 aliphatic heterocycles. The first-order valence-corrected chi connectivity index (χ1v) is 13.0. The standard InChI is InChI=1S/C25H34N2O4S/c1-4-5-15-32(29,30)27-13-11-22(12-14-27)25(28)26-24-10-9-23(17-20(24)3)31-18-21-8-6-7-19(2)16-21/h6-10,16-17,22H,4-5,11-15,18H2,1-3H3,(H,26,28). The molecule has 1 saturated heterocycles. The van der Waals surface area contributed by atoms with Gasteiger partial charge < -0.3 is 10.1 Å². The lowest BCUT2D eigenvalue weighted by atomic mass is 9.97. The second-order valence-corrected chi connectivity index (χ2v) is 10.7. The summed E-state index contributed by atoms with van der Waals surface area (Å²) in [6.45, 7) is 7.30. The van der Waals surface area contributed by atoms with Crippen LogP contribution in [0.25, 0.3) is 0 Å². The van der Waals surface area contributed by atoms with E-state index in [2.05, 4.69) is 24.4 Å². The molecule has 2 aromatic carbocycles. The highest BCUT2D eigenvalue weighted by atomic mass is 32.2. The van der Waals surface area contributed by atoms with Crippen molar-refractivity contribution in [3.63, 3.8) is 0 Å². The highest BCUT2D eigenvalue weighted by molar-refractivity contribution is 7.89. The molecule has 1 aliphatic rings. The lowest BCUT2D eigenvalue weighted by molar-refractivity contribution is -0.120. The fourth-order valence-electron chi connectivity index (χ4n) is 3.92. The molecule has 1 heterocycles. The van der Waals surface area contributed by atoms with Gasteiger partial charge in [0.25, 0.3) is 0 Å². The number of nitrogens with one attached hydrogen (secondary N) is 1. The predicted octanol–water partition coefficient (Wildman–Crippen LogP) is 4.66. The number of anilines is 1. The van der Waals surface area contributed by atoms with Crippen molar-refractivity contribution >= 4 is 21.6 Å². The van der Waals surface area contributed by atoms with Crippen LogP contribution in [0.5, 0.6) is 5.75 Å². The normalized spacial score (nSPS) is 15.5. The Kier molecular flexibility index (Phi) is 8.32. The fraction of sp³-hybridized carbons (Fsp3) is 0.480. The number of carbonyl (C=O) groups excluding carboxylic acids is 1. The van der Waals surface area contributed by atoms with Gasteiger partial charge in [0.05, 0.1) is 5.75 Å². The van der Waals surface area contributed by atoms with Gasteiger partial charge in [-0.25, -0.2) is 12.7 Å². The largest absolute Gasteiger partial charge is 0.489 e. The Hall–Kier alpha value is -2.38. The van der Waals surface area contributed by atoms with Crippen LogP contribution in [0.2, 0.25) is 0 Å². The van der Waals surface area contributed by atoms with Gasteiger partial charge >= 0.3 is 0 Å². The number of aryl methyl sites for hydroxylation is 2. The number of amides is 1. The number of ether oxygens (including phenoxy) is 1. The summed E-state index contributed by atoms with van der Waals surface area (Å²) in [7, 11) is -3.21. The maximum absolute atomic E-state index is 12.8. The first-order valence-electron chi connectivity index (χ1n) is 11.4. The smallest absolute Gasteiger partial charge is 0.227 e. The summed E-state index contributed by atoms with van der Waals surface area (Å²) in [5.41, 5.74) is 4.00. The molecule has 32 heavy (non-hydrogen) atoms. The van der Waals surface area contributed by atoms with Gasteiger partial charge in [0.15, 0.2) is 0 Å². The van der Waals surface area contributed by atoms with Gasteiger partial charge in [0.1, 0.15) is 12.4 Å². The molecule has 7 heteroatoms. The second kappa shape index (κ2) is 11.0. The topological polar surface area (TPSA) is 75.7 Å². The molecule has 1 N–H and O–H groups in total. The Morgan fingerprint density at radius 1 is 1.12 bits per heavy atom. The average Bonchev–Trinajstić information content (AvgIpc) is 2.78. The van der Waals surface area contributed by atoms with Crippen LogP contribution in [0.4, 0.5) is 5.69 Å². The van der Waals surface area contributed by atoms with Crippen LogP contribution in [-0.2, 0) is 21.4 Å². The number of benzene rings is 2. The van der Waals surface area contributed by atoms with Gasteiger partial charge in [-0.2, -0.15) is 0 Å². The Labute approximate surface area is 192 Å². The SMILES string of the molecule is CCCCS(=O)(=O)N1CCC(C(=O)Nc2ccc(OCc3cccc(C)c3)cc2C)CC1. The van der Waals surface area contributed by atoms with E-state index < -0.39 is 10.0 Å². The molecule has 0 spiro atoms. The molecule has 6 nitrogen and oxygen atoms in total. The summed E-state index contributed by atoms with van der Waals surface area (Å²) < 4.78 is 32.2. The molecule has 2 aromatic rings. The molecule has 1 fully saturated rings. The van der Waals surface area contributed by atoms with Crippen LogP contribution in [-0.4, -0.2) is 37.5 Å². The van der Waals surface area contributed by atoms with Crippen molar-refractivity contribution in [2.45, 2.75) is 53.1 Å². The first kappa shape index (κ1) is 24.3. The molecule has 0 saturated carbocycles. The molecule has 0 radical (unpaired) electrons. The quantitative estimate of drug-likeness (QED) is 0.593. The van der Waals surface area contributed by atoms with Crippen molar-refractivity contribution in [3.05, 3.63) is 59.2 Å². The molecule has 3 rings (SSSR count). The van der Waals surface area contributed by atoms with Crippen molar-refractivity contribution in [2.24, 2.45) is 5.92 Å². The zero-order chi connectivity index (χ0) is 23.1. The van der Waals surface area contributed by atoms with Gasteiger partial charge in [-0.15, -0.1) is 0 Å². The van der Waals surface area contributed by atoms with Crippen molar-refractivity contribution < 1.29 is 17.9 Å². The van der Waals surface area contributed by atoms with Gasteiger partial charge in [0.2, 0.25) is 15.9 Å². The third-order valence-corrected chi connectivity index (χ3v) is 7.87. The number of unbranched alkanes of at least 4 members (excludes halogenated alkanes) is 1. The second-order valence-electron chi connectivity index (χ2n) is 8.59. The summed E-state index contributed by atoms with van der Waals surface area (Å²) in [6.07, 6.45) is 2.63. The number of hydrogen-bond acceptors (Lipinski definition) is 4. The van der Waals surface area contributed by atoms with Crippen molar-refractivity contribution in [3.8, 4) is 5.75 Å². The minimum absolute atomic E-state index is 0.0489. The van der Waals surface area contributed by atoms with E-state index in [0.29, 0.717) is 39.0 Å². The first-order chi connectivity index (χ1) is 15.3. The number of hydrogen-bond donors (Lipinski definition) is 1. The summed E-state index contributed by atoms with van der Waals surface area (Å²) in [4.78, 5) is 12.8. The minimum Gasteiger partial charge on any atom is -0.489 e. The molecule has 0 bridgehead atoms. The number of nitrogens with zero attached hydrogens (tertiary/aromatic N) is 1. The van der Waals surface area contributed by atoms with Gasteiger partial charge in [0, 0.05) is 24.7 Å². The summed E-state index contributed by atoms with van der Waals surface area (Å²) >= 11 is 0. The minimum atomic E-state index is -3.21. The molecule has 174 valence electrons. The van der Waals surface area contributed by atoms with E-state index in [0.717, 1.165) is 29.0 Å². The van der Waals surface area contributed by atoms with Crippen molar-refractivity contribution in [1.29, 1.82) is 0 Å². The maximum Gasteiger partial charge on any atom is 0.227 e. The number of sulfonamides is 1. The third-order valence-electron chi connectivity index (χ3n) is 5.92. The summed E-state index contributed by atoms with van der Waals surface area (Å²) in [6, 6.07) is 13.9. The number of carbonyl (C=O) groups is 1. The van der Waals surface area contributed by atoms with Crippen LogP contribution >= 0.6 is 0 Å².